The van der Waals surface area contributed by atoms with Gasteiger partial charge in [-0.15, -0.1) is 0 Å². The number of aromatic nitrogens is 1. The molecule has 1 aromatic heterocycles. The zero-order valence-corrected chi connectivity index (χ0v) is 26.8. The summed E-state index contributed by atoms with van der Waals surface area (Å²) in [6.07, 6.45) is 0.779. The van der Waals surface area contributed by atoms with Crippen molar-refractivity contribution in [1.29, 1.82) is 0 Å². The fraction of sp³-hybridized carbons (Fsp3) is 0.500. The van der Waals surface area contributed by atoms with Crippen LogP contribution in [0.15, 0.2) is 40.9 Å². The molecule has 0 atom stereocenters. The molecule has 2 aromatic carbocycles. The first-order valence-corrected chi connectivity index (χ1v) is 14.7. The van der Waals surface area contributed by atoms with Crippen molar-refractivity contribution >= 4 is 34.7 Å². The largest absolute Gasteiger partial charge is 0.493 e. The van der Waals surface area contributed by atoms with Crippen molar-refractivity contribution in [3.05, 3.63) is 42.0 Å². The van der Waals surface area contributed by atoms with Crippen molar-refractivity contribution in [2.45, 2.75) is 79.0 Å². The molecule has 0 aliphatic carbocycles. The van der Waals surface area contributed by atoms with Gasteiger partial charge in [0, 0.05) is 23.7 Å². The normalized spacial score (nSPS) is 11.4. The van der Waals surface area contributed by atoms with Gasteiger partial charge in [-0.25, -0.2) is 4.79 Å². The van der Waals surface area contributed by atoms with Gasteiger partial charge >= 0.3 is 6.09 Å². The number of carbonyl (C=O) groups is 3. The van der Waals surface area contributed by atoms with Gasteiger partial charge in [0.2, 0.25) is 5.91 Å². The maximum absolute atomic E-state index is 13.0. The number of anilines is 1. The molecule has 3 amide bonds. The molecule has 12 heteroatoms. The predicted molar refractivity (Wildman–Crippen MR) is 167 cm³/mol. The van der Waals surface area contributed by atoms with Crippen LogP contribution in [0.4, 0.5) is 10.6 Å². The Labute approximate surface area is 258 Å². The number of alkyl carbamates (subject to hydrolysis) is 1. The van der Waals surface area contributed by atoms with E-state index in [-0.39, 0.29) is 30.4 Å². The summed E-state index contributed by atoms with van der Waals surface area (Å²) in [5.41, 5.74) is 0.337. The highest BCUT2D eigenvalue weighted by molar-refractivity contribution is 6.00. The molecule has 44 heavy (non-hydrogen) atoms. The van der Waals surface area contributed by atoms with Crippen LogP contribution in [0.5, 0.6) is 17.2 Å². The van der Waals surface area contributed by atoms with Gasteiger partial charge in [-0.05, 0) is 91.6 Å². The lowest BCUT2D eigenvalue weighted by atomic mass is 10.1. The van der Waals surface area contributed by atoms with Gasteiger partial charge in [-0.2, -0.15) is 0 Å². The van der Waals surface area contributed by atoms with Crippen molar-refractivity contribution in [2.75, 3.05) is 32.2 Å². The number of amides is 3. The Hall–Kier alpha value is -4.48. The number of hydrogen-bond donors (Lipinski definition) is 2. The third-order valence-corrected chi connectivity index (χ3v) is 6.32. The van der Waals surface area contributed by atoms with E-state index < -0.39 is 17.6 Å². The van der Waals surface area contributed by atoms with Gasteiger partial charge in [0.25, 0.3) is 5.91 Å². The van der Waals surface area contributed by atoms with Crippen molar-refractivity contribution in [3.8, 4) is 17.2 Å². The lowest BCUT2D eigenvalue weighted by molar-refractivity contribution is -0.115. The number of rotatable bonds is 14. The van der Waals surface area contributed by atoms with Crippen LogP contribution in [0.2, 0.25) is 0 Å². The minimum Gasteiger partial charge on any atom is -0.493 e. The first-order valence-electron chi connectivity index (χ1n) is 14.7. The van der Waals surface area contributed by atoms with E-state index in [1.807, 2.05) is 32.6 Å². The first-order chi connectivity index (χ1) is 20.8. The molecule has 0 fully saturated rings. The van der Waals surface area contributed by atoms with E-state index in [0.29, 0.717) is 47.0 Å². The standard InChI is InChI=1S/C32H44N4O8/c1-20(2)36(21(3)4)30(38)22-11-14-25(27(17-22)40-8)42-16-10-9-15-41-23-12-13-24-26(18-23)44-35-29(24)34-28(37)19-33-31(39)43-32(5,6)7/h11-14,17-18,20-21H,9-10,15-16,19H2,1-8H3,(H,33,39)(H,34,35,37). The number of nitrogens with zero attached hydrogens (tertiary/aromatic N) is 2. The van der Waals surface area contributed by atoms with Gasteiger partial charge in [0.1, 0.15) is 17.9 Å². The van der Waals surface area contributed by atoms with E-state index in [2.05, 4.69) is 15.8 Å². The van der Waals surface area contributed by atoms with Crippen LogP contribution in [0, 0.1) is 0 Å². The Morgan fingerprint density at radius 1 is 0.932 bits per heavy atom. The average Bonchev–Trinajstić information content (AvgIpc) is 3.34. The topological polar surface area (TPSA) is 141 Å². The van der Waals surface area contributed by atoms with Crippen molar-refractivity contribution < 1.29 is 37.9 Å². The molecular weight excluding hydrogens is 568 g/mol. The molecule has 2 N–H and O–H groups in total. The SMILES string of the molecule is COc1cc(C(=O)N(C(C)C)C(C)C)ccc1OCCCCOc1ccc2c(NC(=O)CNC(=O)OC(C)(C)C)noc2c1. The highest BCUT2D eigenvalue weighted by Crippen LogP contribution is 2.30. The van der Waals surface area contributed by atoms with Crippen LogP contribution < -0.4 is 24.8 Å². The summed E-state index contributed by atoms with van der Waals surface area (Å²) in [5, 5.41) is 9.52. The molecule has 0 spiro atoms. The van der Waals surface area contributed by atoms with Crippen LogP contribution in [-0.4, -0.2) is 72.5 Å². The van der Waals surface area contributed by atoms with Crippen LogP contribution in [-0.2, 0) is 9.53 Å². The summed E-state index contributed by atoms with van der Waals surface area (Å²) in [4.78, 5) is 38.8. The Morgan fingerprint density at radius 2 is 1.61 bits per heavy atom. The van der Waals surface area contributed by atoms with E-state index in [1.165, 1.54) is 0 Å². The maximum atomic E-state index is 13.0. The quantitative estimate of drug-likeness (QED) is 0.216. The highest BCUT2D eigenvalue weighted by atomic mass is 16.6. The van der Waals surface area contributed by atoms with E-state index >= 15 is 0 Å². The van der Waals surface area contributed by atoms with E-state index in [4.69, 9.17) is 23.5 Å². The van der Waals surface area contributed by atoms with Crippen LogP contribution in [0.1, 0.15) is 71.7 Å². The molecule has 0 aliphatic rings. The zero-order chi connectivity index (χ0) is 32.4. The molecule has 0 unspecified atom stereocenters. The lowest BCUT2D eigenvalue weighted by Crippen LogP contribution is -2.42. The van der Waals surface area contributed by atoms with Gasteiger partial charge in [-0.1, -0.05) is 5.16 Å². The summed E-state index contributed by atoms with van der Waals surface area (Å²) in [7, 11) is 1.55. The zero-order valence-electron chi connectivity index (χ0n) is 26.8. The monoisotopic (exact) mass is 612 g/mol. The number of nitrogens with one attached hydrogen (secondary N) is 2. The van der Waals surface area contributed by atoms with Gasteiger partial charge in [0.05, 0.1) is 25.7 Å². The van der Waals surface area contributed by atoms with E-state index in [9.17, 15) is 14.4 Å². The fourth-order valence-corrected chi connectivity index (χ4v) is 4.45. The molecule has 240 valence electrons. The Morgan fingerprint density at radius 3 is 2.25 bits per heavy atom. The second-order valence-electron chi connectivity index (χ2n) is 11.8. The number of carbonyl (C=O) groups excluding carboxylic acids is 3. The summed E-state index contributed by atoms with van der Waals surface area (Å²) in [6, 6.07) is 10.6. The molecule has 0 bridgehead atoms. The highest BCUT2D eigenvalue weighted by Gasteiger charge is 2.23. The fourth-order valence-electron chi connectivity index (χ4n) is 4.45. The molecule has 0 saturated carbocycles. The van der Waals surface area contributed by atoms with Crippen LogP contribution in [0.3, 0.4) is 0 Å². The third-order valence-electron chi connectivity index (χ3n) is 6.32. The number of fused-ring (bicyclic) bond motifs is 1. The minimum atomic E-state index is -0.687. The molecule has 3 aromatic rings. The molecule has 12 nitrogen and oxygen atoms in total. The number of benzene rings is 2. The van der Waals surface area contributed by atoms with E-state index in [0.717, 1.165) is 12.8 Å². The van der Waals surface area contributed by atoms with Crippen molar-refractivity contribution in [3.63, 3.8) is 0 Å². The Balaban J connectivity index is 1.44. The third kappa shape index (κ3) is 9.78. The summed E-state index contributed by atoms with van der Waals surface area (Å²) in [5.74, 6) is 1.40. The molecule has 0 saturated heterocycles. The summed E-state index contributed by atoms with van der Waals surface area (Å²) >= 11 is 0. The Bertz CT molecular complexity index is 1420. The van der Waals surface area contributed by atoms with Crippen molar-refractivity contribution in [1.82, 2.24) is 15.4 Å². The van der Waals surface area contributed by atoms with E-state index in [1.54, 1.807) is 64.3 Å². The minimum absolute atomic E-state index is 0.0471. The molecule has 0 aliphatic heterocycles. The van der Waals surface area contributed by atoms with Gasteiger partial charge in [0.15, 0.2) is 22.9 Å². The Kier molecular flexibility index (Phi) is 11.8. The maximum Gasteiger partial charge on any atom is 0.408 e. The summed E-state index contributed by atoms with van der Waals surface area (Å²) in [6.45, 7) is 13.8. The molecule has 3 rings (SSSR count). The number of unbranched alkanes of at least 4 members (excludes halogenated alkanes) is 1. The number of hydrogen-bond acceptors (Lipinski definition) is 9. The summed E-state index contributed by atoms with van der Waals surface area (Å²) < 4.78 is 27.7. The van der Waals surface area contributed by atoms with Gasteiger partial charge in [-0.3, -0.25) is 9.59 Å². The average molecular weight is 613 g/mol. The van der Waals surface area contributed by atoms with Gasteiger partial charge < -0.3 is 39.0 Å². The van der Waals surface area contributed by atoms with Crippen LogP contribution in [0.25, 0.3) is 11.0 Å². The smallest absolute Gasteiger partial charge is 0.408 e. The lowest BCUT2D eigenvalue weighted by Gasteiger charge is -2.31. The van der Waals surface area contributed by atoms with Crippen LogP contribution >= 0.6 is 0 Å². The second-order valence-corrected chi connectivity index (χ2v) is 11.8. The molecular formula is C32H44N4O8. The number of methoxy groups -OCH3 is 1. The molecule has 0 radical (unpaired) electrons. The predicted octanol–water partition coefficient (Wildman–Crippen LogP) is 5.80. The van der Waals surface area contributed by atoms with Crippen molar-refractivity contribution in [2.24, 2.45) is 0 Å². The number of ether oxygens (including phenoxy) is 4. The first kappa shape index (κ1) is 34.0. The molecule has 1 heterocycles. The second kappa shape index (κ2) is 15.3.